The van der Waals surface area contributed by atoms with Gasteiger partial charge in [0.15, 0.2) is 5.54 Å². The molecule has 1 saturated heterocycles. The van der Waals surface area contributed by atoms with Gasteiger partial charge in [-0.15, -0.1) is 0 Å². The highest BCUT2D eigenvalue weighted by Gasteiger charge is 2.50. The van der Waals surface area contributed by atoms with E-state index in [0.717, 1.165) is 5.56 Å². The molecule has 3 rings (SSSR count). The first-order valence-corrected chi connectivity index (χ1v) is 7.23. The van der Waals surface area contributed by atoms with Gasteiger partial charge in [0.05, 0.1) is 6.54 Å². The Morgan fingerprint density at radius 1 is 1.18 bits per heavy atom. The Balaban J connectivity index is 1.86. The highest BCUT2D eigenvalue weighted by Crippen LogP contribution is 2.31. The topological polar surface area (TPSA) is 62.6 Å². The molecule has 0 bridgehead atoms. The summed E-state index contributed by atoms with van der Waals surface area (Å²) in [4.78, 5) is 26.0. The van der Waals surface area contributed by atoms with Crippen LogP contribution in [-0.4, -0.2) is 16.8 Å². The second kappa shape index (κ2) is 5.18. The number of furan rings is 1. The van der Waals surface area contributed by atoms with Crippen molar-refractivity contribution in [3.8, 4) is 0 Å². The molecule has 1 fully saturated rings. The van der Waals surface area contributed by atoms with E-state index in [2.05, 4.69) is 5.32 Å². The number of amides is 3. The van der Waals surface area contributed by atoms with Crippen LogP contribution in [0.5, 0.6) is 0 Å². The number of nitrogens with zero attached hydrogens (tertiary/aromatic N) is 1. The van der Waals surface area contributed by atoms with Gasteiger partial charge in [0.25, 0.3) is 5.91 Å². The number of nitrogens with one attached hydrogen (secondary N) is 1. The van der Waals surface area contributed by atoms with Crippen LogP contribution in [0.4, 0.5) is 4.79 Å². The fraction of sp³-hybridized carbons (Fsp3) is 0.250. The zero-order valence-electron chi connectivity index (χ0n) is 12.2. The number of imide groups is 1. The van der Waals surface area contributed by atoms with Crippen molar-refractivity contribution in [1.29, 1.82) is 0 Å². The number of urea groups is 1. The summed E-state index contributed by atoms with van der Waals surface area (Å²) in [6.07, 6.45) is 0. The molecule has 2 aromatic rings. The number of benzene rings is 1. The van der Waals surface area contributed by atoms with E-state index in [-0.39, 0.29) is 12.5 Å². The summed E-state index contributed by atoms with van der Waals surface area (Å²) in [5, 5.41) is 3.32. The van der Waals surface area contributed by atoms with Crippen LogP contribution >= 0.6 is 11.6 Å². The number of hydrogen-bond donors (Lipinski definition) is 1. The maximum Gasteiger partial charge on any atom is 0.325 e. The molecule has 5 nitrogen and oxygen atoms in total. The highest BCUT2D eigenvalue weighted by molar-refractivity contribution is 6.30. The van der Waals surface area contributed by atoms with Crippen LogP contribution < -0.4 is 5.32 Å². The van der Waals surface area contributed by atoms with Gasteiger partial charge in [-0.1, -0.05) is 23.7 Å². The Bertz CT molecular complexity index is 738. The third-order valence-corrected chi connectivity index (χ3v) is 4.01. The highest BCUT2D eigenvalue weighted by atomic mass is 35.5. The minimum Gasteiger partial charge on any atom is -0.463 e. The molecular weight excluding hydrogens is 304 g/mol. The van der Waals surface area contributed by atoms with Gasteiger partial charge in [-0.05, 0) is 43.7 Å². The Labute approximate surface area is 132 Å². The molecule has 114 valence electrons. The van der Waals surface area contributed by atoms with Crippen LogP contribution in [0.25, 0.3) is 0 Å². The van der Waals surface area contributed by atoms with Crippen LogP contribution in [0.3, 0.4) is 0 Å². The average Bonchev–Trinajstić information content (AvgIpc) is 3.00. The van der Waals surface area contributed by atoms with Gasteiger partial charge in [0.1, 0.15) is 11.5 Å². The molecular formula is C16H15ClN2O3. The van der Waals surface area contributed by atoms with Crippen molar-refractivity contribution in [1.82, 2.24) is 10.2 Å². The normalized spacial score (nSPS) is 21.3. The molecule has 22 heavy (non-hydrogen) atoms. The predicted molar refractivity (Wildman–Crippen MR) is 81.3 cm³/mol. The van der Waals surface area contributed by atoms with Crippen molar-refractivity contribution in [3.05, 3.63) is 58.5 Å². The maximum absolute atomic E-state index is 12.7. The zero-order chi connectivity index (χ0) is 15.9. The summed E-state index contributed by atoms with van der Waals surface area (Å²) in [5.41, 5.74) is -0.342. The smallest absolute Gasteiger partial charge is 0.325 e. The van der Waals surface area contributed by atoms with E-state index >= 15 is 0 Å². The zero-order valence-corrected chi connectivity index (χ0v) is 13.0. The fourth-order valence-electron chi connectivity index (χ4n) is 2.48. The van der Waals surface area contributed by atoms with E-state index in [0.29, 0.717) is 16.5 Å². The van der Waals surface area contributed by atoms with E-state index in [4.69, 9.17) is 16.0 Å². The molecule has 6 heteroatoms. The summed E-state index contributed by atoms with van der Waals surface area (Å²) < 4.78 is 5.52. The fourth-order valence-corrected chi connectivity index (χ4v) is 2.61. The molecule has 2 heterocycles. The first kappa shape index (κ1) is 14.7. The van der Waals surface area contributed by atoms with E-state index < -0.39 is 11.6 Å². The van der Waals surface area contributed by atoms with Crippen LogP contribution in [0.15, 0.2) is 40.8 Å². The number of carbonyl (C=O) groups is 2. The third-order valence-electron chi connectivity index (χ3n) is 3.76. The Kier molecular flexibility index (Phi) is 3.45. The number of carbonyl (C=O) groups excluding carboxylic acids is 2. The first-order valence-electron chi connectivity index (χ1n) is 6.85. The molecule has 1 unspecified atom stereocenters. The number of hydrogen-bond acceptors (Lipinski definition) is 3. The molecule has 0 aliphatic carbocycles. The lowest BCUT2D eigenvalue weighted by Gasteiger charge is -2.19. The Morgan fingerprint density at radius 2 is 1.86 bits per heavy atom. The number of aryl methyl sites for hydroxylation is 1. The maximum atomic E-state index is 12.7. The largest absolute Gasteiger partial charge is 0.463 e. The Morgan fingerprint density at radius 3 is 2.45 bits per heavy atom. The summed E-state index contributed by atoms with van der Waals surface area (Å²) in [5.74, 6) is 0.790. The minimum absolute atomic E-state index is 0.192. The molecule has 0 spiro atoms. The second-order valence-corrected chi connectivity index (χ2v) is 5.92. The van der Waals surface area contributed by atoms with E-state index in [1.165, 1.54) is 4.90 Å². The molecule has 1 atom stereocenters. The first-order chi connectivity index (χ1) is 10.4. The summed E-state index contributed by atoms with van der Waals surface area (Å²) in [7, 11) is 0. The number of rotatable bonds is 3. The van der Waals surface area contributed by atoms with Gasteiger partial charge in [-0.2, -0.15) is 0 Å². The van der Waals surface area contributed by atoms with Crippen molar-refractivity contribution >= 4 is 23.5 Å². The molecule has 0 radical (unpaired) electrons. The summed E-state index contributed by atoms with van der Waals surface area (Å²) in [6.45, 7) is 3.63. The molecule has 1 aromatic carbocycles. The van der Waals surface area contributed by atoms with E-state index in [1.54, 1.807) is 50.2 Å². The van der Waals surface area contributed by atoms with Crippen molar-refractivity contribution in [2.45, 2.75) is 25.9 Å². The van der Waals surface area contributed by atoms with Crippen LogP contribution in [-0.2, 0) is 16.9 Å². The minimum atomic E-state index is -1.17. The molecule has 0 saturated carbocycles. The Hall–Kier alpha value is -2.27. The van der Waals surface area contributed by atoms with Gasteiger partial charge >= 0.3 is 6.03 Å². The third kappa shape index (κ3) is 2.37. The monoisotopic (exact) mass is 318 g/mol. The van der Waals surface area contributed by atoms with Crippen LogP contribution in [0, 0.1) is 6.92 Å². The quantitative estimate of drug-likeness (QED) is 0.884. The van der Waals surface area contributed by atoms with Gasteiger partial charge in [-0.3, -0.25) is 9.69 Å². The summed E-state index contributed by atoms with van der Waals surface area (Å²) in [6, 6.07) is 10.1. The molecule has 1 aliphatic heterocycles. The molecule has 3 amide bonds. The van der Waals surface area contributed by atoms with E-state index in [1.807, 2.05) is 0 Å². The SMILES string of the molecule is Cc1ccc(C2(C)NC(=O)N(Cc3ccc(Cl)cc3)C2=O)o1. The second-order valence-electron chi connectivity index (χ2n) is 5.48. The van der Waals surface area contributed by atoms with Gasteiger partial charge in [0.2, 0.25) is 0 Å². The lowest BCUT2D eigenvalue weighted by atomic mass is 9.99. The van der Waals surface area contributed by atoms with Crippen molar-refractivity contribution in [2.75, 3.05) is 0 Å². The molecule has 1 aromatic heterocycles. The standard InChI is InChI=1S/C16H15ClN2O3/c1-10-3-8-13(22-10)16(2)14(20)19(15(21)18-16)9-11-4-6-12(17)7-5-11/h3-8H,9H2,1-2H3,(H,18,21). The van der Waals surface area contributed by atoms with Crippen LogP contribution in [0.1, 0.15) is 24.0 Å². The van der Waals surface area contributed by atoms with Gasteiger partial charge < -0.3 is 9.73 Å². The van der Waals surface area contributed by atoms with Crippen molar-refractivity contribution in [3.63, 3.8) is 0 Å². The lowest BCUT2D eigenvalue weighted by Crippen LogP contribution is -2.40. The number of halogens is 1. The van der Waals surface area contributed by atoms with Crippen LogP contribution in [0.2, 0.25) is 5.02 Å². The van der Waals surface area contributed by atoms with Gasteiger partial charge in [-0.25, -0.2) is 4.79 Å². The molecule has 1 N–H and O–H groups in total. The van der Waals surface area contributed by atoms with Crippen molar-refractivity contribution < 1.29 is 14.0 Å². The predicted octanol–water partition coefficient (Wildman–Crippen LogP) is 3.21. The van der Waals surface area contributed by atoms with Gasteiger partial charge in [0, 0.05) is 5.02 Å². The summed E-state index contributed by atoms with van der Waals surface area (Å²) >= 11 is 5.84. The lowest BCUT2D eigenvalue weighted by molar-refractivity contribution is -0.132. The van der Waals surface area contributed by atoms with Crippen molar-refractivity contribution in [2.24, 2.45) is 0 Å². The average molecular weight is 319 g/mol. The van der Waals surface area contributed by atoms with E-state index in [9.17, 15) is 9.59 Å². The molecule has 1 aliphatic rings.